The predicted molar refractivity (Wildman–Crippen MR) is 249 cm³/mol. The Labute approximate surface area is 368 Å². The first-order valence-corrected chi connectivity index (χ1v) is 25.6. The summed E-state index contributed by atoms with van der Waals surface area (Å²) in [7, 11) is -1.16. The van der Waals surface area contributed by atoms with E-state index in [4.69, 9.17) is 9.47 Å². The molecular formula is C50H64N6O5Si. The fraction of sp³-hybridized carbons (Fsp3) is 0.400. The summed E-state index contributed by atoms with van der Waals surface area (Å²) in [5.74, 6) is 0.315. The molecule has 2 heterocycles. The third-order valence-corrected chi connectivity index (χ3v) is 12.8. The number of fused-ring (bicyclic) bond motifs is 1. The number of anilines is 1. The minimum Gasteiger partial charge on any atom is -0.374 e. The van der Waals surface area contributed by atoms with Gasteiger partial charge in [-0.1, -0.05) is 117 Å². The summed E-state index contributed by atoms with van der Waals surface area (Å²) in [6, 6.07) is 34.7. The number of aromatic amines is 1. The fourth-order valence-corrected chi connectivity index (χ4v) is 8.24. The van der Waals surface area contributed by atoms with Gasteiger partial charge in [0.1, 0.15) is 18.5 Å². The van der Waals surface area contributed by atoms with Crippen molar-refractivity contribution in [3.05, 3.63) is 143 Å². The number of nitrogens with one attached hydrogen (secondary N) is 4. The van der Waals surface area contributed by atoms with E-state index in [0.717, 1.165) is 50.9 Å². The van der Waals surface area contributed by atoms with Gasteiger partial charge in [-0.15, -0.1) is 0 Å². The van der Waals surface area contributed by atoms with Crippen molar-refractivity contribution in [3.8, 4) is 11.1 Å². The number of nitrogens with zero attached hydrogens (tertiary/aromatic N) is 2. The summed E-state index contributed by atoms with van der Waals surface area (Å²) in [5.41, 5.74) is 7.20. The molecule has 62 heavy (non-hydrogen) atoms. The third-order valence-electron chi connectivity index (χ3n) is 11.1. The Balaban J connectivity index is 1.03. The molecule has 12 heteroatoms. The first-order chi connectivity index (χ1) is 29.7. The van der Waals surface area contributed by atoms with Crippen molar-refractivity contribution >= 4 is 31.5 Å². The van der Waals surface area contributed by atoms with Gasteiger partial charge in [0, 0.05) is 51.6 Å². The van der Waals surface area contributed by atoms with E-state index in [9.17, 15) is 14.4 Å². The Bertz CT molecular complexity index is 2240. The van der Waals surface area contributed by atoms with E-state index in [1.54, 1.807) is 6.20 Å². The zero-order chi connectivity index (χ0) is 44.1. The molecule has 0 aliphatic carbocycles. The molecule has 0 fully saturated rings. The molecule has 4 N–H and O–H groups in total. The molecule has 0 radical (unpaired) electrons. The van der Waals surface area contributed by atoms with E-state index in [1.807, 2.05) is 105 Å². The van der Waals surface area contributed by atoms with Crippen LogP contribution in [0.25, 0.3) is 11.1 Å². The van der Waals surface area contributed by atoms with Gasteiger partial charge >= 0.3 is 0 Å². The number of carbonyl (C=O) groups is 3. The number of rotatable bonds is 21. The van der Waals surface area contributed by atoms with Crippen molar-refractivity contribution in [1.82, 2.24) is 25.9 Å². The molecule has 5 aromatic rings. The third kappa shape index (κ3) is 14.1. The summed E-state index contributed by atoms with van der Waals surface area (Å²) in [6.45, 7) is 15.9. The molecule has 11 nitrogen and oxygen atoms in total. The van der Waals surface area contributed by atoms with Gasteiger partial charge in [-0.2, -0.15) is 0 Å². The second-order valence-electron chi connectivity index (χ2n) is 18.3. The second kappa shape index (κ2) is 21.6. The first-order valence-electron chi connectivity index (χ1n) is 21.9. The number of hydrogen-bond acceptors (Lipinski definition) is 7. The predicted octanol–water partition coefficient (Wildman–Crippen LogP) is 8.12. The van der Waals surface area contributed by atoms with Crippen LogP contribution in [0.5, 0.6) is 0 Å². The van der Waals surface area contributed by atoms with Crippen LogP contribution >= 0.6 is 0 Å². The van der Waals surface area contributed by atoms with Crippen LogP contribution in [0, 0.1) is 0 Å². The van der Waals surface area contributed by atoms with Crippen LogP contribution in [-0.2, 0) is 63.0 Å². The SMILES string of the molecule is C[C@H](CNC(C)(C)CC(=O)N[C@@H]1CCc2ccccc2N(Cc2ccc(-c3ccccc3CNC(=O)Cc3c[nH]c(COCC[Si](C)(C)C)n3)cc2)C1=O)OCc1ccccc1. The molecule has 0 spiro atoms. The lowest BCUT2D eigenvalue weighted by molar-refractivity contribution is -0.128. The topological polar surface area (TPSA) is 138 Å². The largest absolute Gasteiger partial charge is 0.374 e. The number of hydrogen-bond donors (Lipinski definition) is 4. The van der Waals surface area contributed by atoms with Gasteiger partial charge in [0.15, 0.2) is 0 Å². The van der Waals surface area contributed by atoms with Crippen molar-refractivity contribution in [3.63, 3.8) is 0 Å². The quantitative estimate of drug-likeness (QED) is 0.0432. The smallest absolute Gasteiger partial charge is 0.249 e. The Morgan fingerprint density at radius 1 is 0.903 bits per heavy atom. The Morgan fingerprint density at radius 3 is 2.40 bits per heavy atom. The van der Waals surface area contributed by atoms with E-state index in [0.29, 0.717) is 58.0 Å². The van der Waals surface area contributed by atoms with Crippen LogP contribution < -0.4 is 20.9 Å². The molecule has 6 rings (SSSR count). The number of carbonyl (C=O) groups excluding carboxylic acids is 3. The van der Waals surface area contributed by atoms with Crippen molar-refractivity contribution in [2.75, 3.05) is 18.1 Å². The molecule has 0 saturated heterocycles. The van der Waals surface area contributed by atoms with E-state index in [2.05, 4.69) is 69.8 Å². The summed E-state index contributed by atoms with van der Waals surface area (Å²) in [5, 5.41) is 9.65. The Kier molecular flexibility index (Phi) is 16.1. The molecule has 0 unspecified atom stereocenters. The highest BCUT2D eigenvalue weighted by molar-refractivity contribution is 6.76. The number of ether oxygens (including phenoxy) is 2. The molecule has 4 aromatic carbocycles. The lowest BCUT2D eigenvalue weighted by Crippen LogP contribution is -2.51. The van der Waals surface area contributed by atoms with Crippen molar-refractivity contribution in [1.29, 1.82) is 0 Å². The van der Waals surface area contributed by atoms with Crippen LogP contribution in [0.3, 0.4) is 0 Å². The van der Waals surface area contributed by atoms with E-state index >= 15 is 0 Å². The molecular weight excluding hydrogens is 793 g/mol. The van der Waals surface area contributed by atoms with Gasteiger partial charge in [-0.25, -0.2) is 4.98 Å². The van der Waals surface area contributed by atoms with E-state index in [-0.39, 0.29) is 36.7 Å². The average molecular weight is 857 g/mol. The minimum atomic E-state index is -1.16. The maximum Gasteiger partial charge on any atom is 0.249 e. The maximum atomic E-state index is 14.3. The minimum absolute atomic E-state index is 0.0484. The molecule has 0 saturated carbocycles. The standard InChI is InChI=1S/C50H64N6O5Si/c1-36(61-34-38-14-8-7-9-15-38)30-53-50(2,3)29-48(58)55-44-25-24-40-16-11-13-19-45(40)56(49(44)59)33-37-20-22-39(23-21-37)43-18-12-10-17-41(43)31-52-47(57)28-42-32-51-46(54-42)35-60-26-27-62(4,5)6/h7-23,32,36,44,53H,24-31,33-35H2,1-6H3,(H,51,54)(H,52,57)(H,55,58)/t36-,44-/m1/s1. The van der Waals surface area contributed by atoms with Crippen LogP contribution in [0.4, 0.5) is 5.69 Å². The number of para-hydroxylation sites is 1. The van der Waals surface area contributed by atoms with Crippen molar-refractivity contribution in [2.24, 2.45) is 0 Å². The number of benzene rings is 4. The average Bonchev–Trinajstić information content (AvgIpc) is 3.65. The fourth-order valence-electron chi connectivity index (χ4n) is 7.48. The van der Waals surface area contributed by atoms with Crippen molar-refractivity contribution < 1.29 is 23.9 Å². The van der Waals surface area contributed by atoms with Gasteiger partial charge in [0.25, 0.3) is 0 Å². The highest BCUT2D eigenvalue weighted by Gasteiger charge is 2.33. The first kappa shape index (κ1) is 46.1. The highest BCUT2D eigenvalue weighted by atomic mass is 28.3. The number of amides is 3. The van der Waals surface area contributed by atoms with Crippen LogP contribution in [0.2, 0.25) is 25.7 Å². The molecule has 0 bridgehead atoms. The summed E-state index contributed by atoms with van der Waals surface area (Å²) >= 11 is 0. The van der Waals surface area contributed by atoms with Gasteiger partial charge in [-0.3, -0.25) is 14.4 Å². The van der Waals surface area contributed by atoms with Crippen molar-refractivity contribution in [2.45, 2.75) is 116 Å². The van der Waals surface area contributed by atoms with Gasteiger partial charge in [0.05, 0.1) is 31.4 Å². The summed E-state index contributed by atoms with van der Waals surface area (Å²) < 4.78 is 11.8. The normalized spacial score (nSPS) is 14.8. The number of H-pyrrole nitrogens is 1. The monoisotopic (exact) mass is 856 g/mol. The number of aryl methyl sites for hydroxylation is 1. The molecule has 2 atom stereocenters. The molecule has 328 valence electrons. The number of imidazole rings is 1. The van der Waals surface area contributed by atoms with E-state index in [1.165, 1.54) is 0 Å². The molecule has 1 aliphatic heterocycles. The van der Waals surface area contributed by atoms with Crippen LogP contribution in [0.1, 0.15) is 67.4 Å². The van der Waals surface area contributed by atoms with E-state index < -0.39 is 19.7 Å². The summed E-state index contributed by atoms with van der Waals surface area (Å²) in [6.07, 6.45) is 3.29. The summed E-state index contributed by atoms with van der Waals surface area (Å²) in [4.78, 5) is 50.3. The zero-order valence-electron chi connectivity index (χ0n) is 37.3. The van der Waals surface area contributed by atoms with Crippen LogP contribution in [-0.4, -0.2) is 66.6 Å². The molecule has 3 amide bonds. The lowest BCUT2D eigenvalue weighted by atomic mass is 9.98. The van der Waals surface area contributed by atoms with Gasteiger partial charge in [0.2, 0.25) is 17.7 Å². The second-order valence-corrected chi connectivity index (χ2v) is 23.9. The Morgan fingerprint density at radius 2 is 1.63 bits per heavy atom. The maximum absolute atomic E-state index is 14.3. The zero-order valence-corrected chi connectivity index (χ0v) is 38.3. The Hall–Kier alpha value is -5.40. The molecule has 1 aromatic heterocycles. The van der Waals surface area contributed by atoms with Gasteiger partial charge < -0.3 is 35.3 Å². The number of aromatic nitrogens is 2. The highest BCUT2D eigenvalue weighted by Crippen LogP contribution is 2.30. The van der Waals surface area contributed by atoms with Gasteiger partial charge in [-0.05, 0) is 79.1 Å². The van der Waals surface area contributed by atoms with Crippen LogP contribution in [0.15, 0.2) is 109 Å². The lowest BCUT2D eigenvalue weighted by Gasteiger charge is -2.30. The molecule has 1 aliphatic rings.